The maximum absolute atomic E-state index is 11.4. The molecule has 0 saturated carbocycles. The molecule has 4 heteroatoms. The number of hydrogen-bond acceptors (Lipinski definition) is 4. The van der Waals surface area contributed by atoms with Crippen molar-refractivity contribution in [2.24, 2.45) is 0 Å². The molecule has 0 aliphatic carbocycles. The van der Waals surface area contributed by atoms with Crippen LogP contribution in [0.3, 0.4) is 0 Å². The van der Waals surface area contributed by atoms with Gasteiger partial charge in [-0.15, -0.1) is 0 Å². The number of esters is 1. The van der Waals surface area contributed by atoms with Crippen LogP contribution >= 0.6 is 0 Å². The van der Waals surface area contributed by atoms with E-state index in [1.54, 1.807) is 13.2 Å². The van der Waals surface area contributed by atoms with E-state index >= 15 is 0 Å². The number of allylic oxidation sites excluding steroid dienone is 1. The normalized spacial score (nSPS) is 10.2. The van der Waals surface area contributed by atoms with Gasteiger partial charge in [-0.2, -0.15) is 0 Å². The molecular formula is C25H30O4. The van der Waals surface area contributed by atoms with E-state index in [-0.39, 0.29) is 5.97 Å². The van der Waals surface area contributed by atoms with E-state index in [0.29, 0.717) is 31.8 Å². The lowest BCUT2D eigenvalue weighted by molar-refractivity contribution is -0.138. The van der Waals surface area contributed by atoms with Crippen LogP contribution in [0, 0.1) is 0 Å². The summed E-state index contributed by atoms with van der Waals surface area (Å²) in [4.78, 5) is 11.4. The van der Waals surface area contributed by atoms with Crippen LogP contribution in [0.2, 0.25) is 0 Å². The van der Waals surface area contributed by atoms with Crippen LogP contribution in [0.15, 0.2) is 72.5 Å². The van der Waals surface area contributed by atoms with Crippen LogP contribution in [0.5, 0.6) is 5.75 Å². The number of benzene rings is 2. The Kier molecular flexibility index (Phi) is 9.03. The molecule has 4 nitrogen and oxygen atoms in total. The first kappa shape index (κ1) is 22.3. The van der Waals surface area contributed by atoms with Gasteiger partial charge in [0, 0.05) is 12.0 Å². The van der Waals surface area contributed by atoms with Crippen molar-refractivity contribution in [3.8, 4) is 5.75 Å². The third-order valence-electron chi connectivity index (χ3n) is 4.12. The molecule has 0 N–H and O–H groups in total. The second kappa shape index (κ2) is 11.7. The molecule has 0 aliphatic rings. The van der Waals surface area contributed by atoms with E-state index in [2.05, 4.69) is 43.0 Å². The van der Waals surface area contributed by atoms with Crippen molar-refractivity contribution in [3.05, 3.63) is 89.2 Å². The fourth-order valence-electron chi connectivity index (χ4n) is 2.58. The van der Waals surface area contributed by atoms with E-state index in [1.165, 1.54) is 11.1 Å². The predicted octanol–water partition coefficient (Wildman–Crippen LogP) is 5.26. The van der Waals surface area contributed by atoms with Crippen LogP contribution in [0.1, 0.15) is 37.5 Å². The van der Waals surface area contributed by atoms with Gasteiger partial charge in [0.1, 0.15) is 19.0 Å². The van der Waals surface area contributed by atoms with Crippen molar-refractivity contribution < 1.29 is 19.0 Å². The van der Waals surface area contributed by atoms with E-state index in [0.717, 1.165) is 23.3 Å². The van der Waals surface area contributed by atoms with Gasteiger partial charge < -0.3 is 14.2 Å². The quantitative estimate of drug-likeness (QED) is 0.226. The van der Waals surface area contributed by atoms with E-state index < -0.39 is 0 Å². The Morgan fingerprint density at radius 1 is 0.862 bits per heavy atom. The highest BCUT2D eigenvalue weighted by Gasteiger charge is 2.03. The topological polar surface area (TPSA) is 44.8 Å². The number of hydrogen-bond donors (Lipinski definition) is 0. The second-order valence-corrected chi connectivity index (χ2v) is 7.22. The summed E-state index contributed by atoms with van der Waals surface area (Å²) in [5.74, 6) is 0.503. The average molecular weight is 395 g/mol. The monoisotopic (exact) mass is 394 g/mol. The zero-order valence-electron chi connectivity index (χ0n) is 17.6. The number of rotatable bonds is 11. The maximum Gasteiger partial charge on any atom is 0.333 e. The minimum Gasteiger partial charge on any atom is -0.498 e. The van der Waals surface area contributed by atoms with Crippen LogP contribution in [0.4, 0.5) is 0 Å². The zero-order valence-corrected chi connectivity index (χ0v) is 17.6. The molecule has 2 aromatic carbocycles. The van der Waals surface area contributed by atoms with Crippen molar-refractivity contribution in [3.63, 3.8) is 0 Å². The lowest BCUT2D eigenvalue weighted by Gasteiger charge is -2.08. The Bertz CT molecular complexity index is 813. The molecule has 0 saturated heterocycles. The Balaban J connectivity index is 1.76. The molecule has 0 unspecified atom stereocenters. The van der Waals surface area contributed by atoms with Crippen LogP contribution in [0.25, 0.3) is 0 Å². The first-order valence-electron chi connectivity index (χ1n) is 9.81. The third kappa shape index (κ3) is 8.69. The standard InChI is InChI=1S/C25H30O4/c1-19(2)18-27-15-16-28-24-11-9-23(10-12-24)17-22-7-5-21(6-8-22)13-14-29-25(26)20(3)4/h5-12,18H,3,13-17H2,1-2,4H3. The molecule has 29 heavy (non-hydrogen) atoms. The molecule has 0 heterocycles. The molecule has 154 valence electrons. The third-order valence-corrected chi connectivity index (χ3v) is 4.12. The summed E-state index contributed by atoms with van der Waals surface area (Å²) in [5, 5.41) is 0. The van der Waals surface area contributed by atoms with E-state index in [9.17, 15) is 4.79 Å². The second-order valence-electron chi connectivity index (χ2n) is 7.22. The van der Waals surface area contributed by atoms with Crippen molar-refractivity contribution in [2.45, 2.75) is 33.6 Å². The van der Waals surface area contributed by atoms with Gasteiger partial charge in [-0.25, -0.2) is 4.79 Å². The molecule has 0 fully saturated rings. The van der Waals surface area contributed by atoms with Gasteiger partial charge in [-0.3, -0.25) is 0 Å². The van der Waals surface area contributed by atoms with Crippen molar-refractivity contribution in [1.82, 2.24) is 0 Å². The molecule has 2 aromatic rings. The molecule has 0 spiro atoms. The van der Waals surface area contributed by atoms with Gasteiger partial charge in [0.2, 0.25) is 0 Å². The van der Waals surface area contributed by atoms with Gasteiger partial charge in [0.25, 0.3) is 0 Å². The summed E-state index contributed by atoms with van der Waals surface area (Å²) in [5.41, 5.74) is 5.16. The fraction of sp³-hybridized carbons (Fsp3) is 0.320. The molecule has 0 atom stereocenters. The fourth-order valence-corrected chi connectivity index (χ4v) is 2.58. The van der Waals surface area contributed by atoms with Gasteiger partial charge >= 0.3 is 5.97 Å². The van der Waals surface area contributed by atoms with Crippen LogP contribution < -0.4 is 4.74 Å². The summed E-state index contributed by atoms with van der Waals surface area (Å²) in [6.07, 6.45) is 3.30. The van der Waals surface area contributed by atoms with Crippen LogP contribution in [-0.2, 0) is 27.1 Å². The summed E-state index contributed by atoms with van der Waals surface area (Å²) in [6, 6.07) is 16.5. The maximum atomic E-state index is 11.4. The van der Waals surface area contributed by atoms with Crippen molar-refractivity contribution in [1.29, 1.82) is 0 Å². The molecule has 0 bridgehead atoms. The first-order chi connectivity index (χ1) is 13.9. The van der Waals surface area contributed by atoms with E-state index in [4.69, 9.17) is 14.2 Å². The minimum atomic E-state index is -0.338. The molecule has 2 rings (SSSR count). The molecule has 0 amide bonds. The van der Waals surface area contributed by atoms with Gasteiger partial charge in [-0.1, -0.05) is 43.0 Å². The molecule has 0 radical (unpaired) electrons. The first-order valence-corrected chi connectivity index (χ1v) is 9.81. The van der Waals surface area contributed by atoms with Crippen molar-refractivity contribution in [2.75, 3.05) is 19.8 Å². The number of ether oxygens (including phenoxy) is 3. The molecule has 0 aliphatic heterocycles. The number of carbonyl (C=O) groups excluding carboxylic acids is 1. The largest absolute Gasteiger partial charge is 0.498 e. The molecular weight excluding hydrogens is 364 g/mol. The SMILES string of the molecule is C=C(C)C(=O)OCCc1ccc(Cc2ccc(OCCOC=C(C)C)cc2)cc1. The zero-order chi connectivity index (χ0) is 21.1. The van der Waals surface area contributed by atoms with E-state index in [1.807, 2.05) is 26.0 Å². The average Bonchev–Trinajstić information content (AvgIpc) is 2.70. The Labute approximate surface area is 173 Å². The summed E-state index contributed by atoms with van der Waals surface area (Å²) in [7, 11) is 0. The highest BCUT2D eigenvalue weighted by atomic mass is 16.5. The Morgan fingerprint density at radius 2 is 1.45 bits per heavy atom. The summed E-state index contributed by atoms with van der Waals surface area (Å²) in [6.45, 7) is 10.6. The lowest BCUT2D eigenvalue weighted by Crippen LogP contribution is -2.08. The summed E-state index contributed by atoms with van der Waals surface area (Å²) >= 11 is 0. The Hall–Kier alpha value is -3.01. The molecule has 0 aromatic heterocycles. The van der Waals surface area contributed by atoms with Gasteiger partial charge in [0.15, 0.2) is 0 Å². The predicted molar refractivity (Wildman–Crippen MR) is 116 cm³/mol. The van der Waals surface area contributed by atoms with Gasteiger partial charge in [0.05, 0.1) is 12.9 Å². The van der Waals surface area contributed by atoms with Crippen LogP contribution in [-0.4, -0.2) is 25.8 Å². The van der Waals surface area contributed by atoms with Crippen molar-refractivity contribution >= 4 is 5.97 Å². The lowest BCUT2D eigenvalue weighted by atomic mass is 10.0. The highest BCUT2D eigenvalue weighted by Crippen LogP contribution is 2.16. The smallest absolute Gasteiger partial charge is 0.333 e. The van der Waals surface area contributed by atoms with Gasteiger partial charge in [-0.05, 0) is 61.6 Å². The Morgan fingerprint density at radius 3 is 2.03 bits per heavy atom. The minimum absolute atomic E-state index is 0.338. The summed E-state index contributed by atoms with van der Waals surface area (Å²) < 4.78 is 16.2. The highest BCUT2D eigenvalue weighted by molar-refractivity contribution is 5.86. The number of carbonyl (C=O) groups is 1.